The van der Waals surface area contributed by atoms with Gasteiger partial charge < -0.3 is 24.9 Å². The summed E-state index contributed by atoms with van der Waals surface area (Å²) in [5.74, 6) is -3.13. The Morgan fingerprint density at radius 1 is 1.36 bits per heavy atom. The third-order valence-corrected chi connectivity index (χ3v) is 4.29. The van der Waals surface area contributed by atoms with Crippen molar-refractivity contribution in [1.29, 1.82) is 0 Å². The van der Waals surface area contributed by atoms with Gasteiger partial charge in [-0.25, -0.2) is 4.79 Å². The third-order valence-electron chi connectivity index (χ3n) is 4.29. The summed E-state index contributed by atoms with van der Waals surface area (Å²) >= 11 is 0. The Morgan fingerprint density at radius 2 is 2.08 bits per heavy atom. The second kappa shape index (κ2) is 8.37. The molecular formula is C18H19N2O5-. The average Bonchev–Trinajstić information content (AvgIpc) is 3.06. The summed E-state index contributed by atoms with van der Waals surface area (Å²) in [6, 6.07) is 9.66. The van der Waals surface area contributed by atoms with Crippen molar-refractivity contribution in [3.05, 3.63) is 53.6 Å². The van der Waals surface area contributed by atoms with Gasteiger partial charge in [-0.3, -0.25) is 0 Å². The summed E-state index contributed by atoms with van der Waals surface area (Å²) in [6.45, 7) is 2.38. The molecule has 2 atom stereocenters. The van der Waals surface area contributed by atoms with Gasteiger partial charge in [0, 0.05) is 5.41 Å². The Bertz CT molecular complexity index is 709. The highest BCUT2D eigenvalue weighted by Gasteiger charge is 2.40. The first-order valence-electron chi connectivity index (χ1n) is 7.92. The Hall–Kier alpha value is -2.76. The maximum Gasteiger partial charge on any atom is 0.423 e. The molecule has 0 aliphatic heterocycles. The maximum absolute atomic E-state index is 11.8. The van der Waals surface area contributed by atoms with Crippen molar-refractivity contribution < 1.29 is 29.0 Å². The van der Waals surface area contributed by atoms with E-state index in [0.717, 1.165) is 12.0 Å². The molecular weight excluding hydrogens is 324 g/mol. The SMILES string of the molecule is CC(OC(=O)C(=[N+]=[N-])C(=O)[O-])C1(COCc2ccccc2)C=CCC1. The lowest BCUT2D eigenvalue weighted by Gasteiger charge is -2.32. The number of esters is 1. The molecule has 0 aromatic heterocycles. The number of ether oxygens (including phenoxy) is 2. The molecule has 0 saturated carbocycles. The fraction of sp³-hybridized carbons (Fsp3) is 0.389. The molecule has 0 bridgehead atoms. The molecule has 1 aliphatic rings. The molecule has 0 spiro atoms. The van der Waals surface area contributed by atoms with Crippen LogP contribution in [0.15, 0.2) is 42.5 Å². The number of aliphatic carboxylic acids is 1. The Morgan fingerprint density at radius 3 is 2.64 bits per heavy atom. The minimum Gasteiger partial charge on any atom is -0.538 e. The van der Waals surface area contributed by atoms with E-state index in [1.807, 2.05) is 42.5 Å². The van der Waals surface area contributed by atoms with E-state index in [9.17, 15) is 14.7 Å². The van der Waals surface area contributed by atoms with Crippen LogP contribution in [0.3, 0.4) is 0 Å². The molecule has 1 aliphatic carbocycles. The second-order valence-corrected chi connectivity index (χ2v) is 5.94. The van der Waals surface area contributed by atoms with Crippen LogP contribution in [0.4, 0.5) is 0 Å². The molecule has 0 saturated heterocycles. The minimum absolute atomic E-state index is 0.309. The molecule has 132 valence electrons. The molecule has 2 rings (SSSR count). The lowest BCUT2D eigenvalue weighted by Crippen LogP contribution is -2.43. The van der Waals surface area contributed by atoms with E-state index in [0.29, 0.717) is 19.6 Å². The highest BCUT2D eigenvalue weighted by Crippen LogP contribution is 2.37. The zero-order valence-electron chi connectivity index (χ0n) is 13.9. The van der Waals surface area contributed by atoms with Crippen LogP contribution in [0.1, 0.15) is 25.3 Å². The molecule has 0 radical (unpaired) electrons. The standard InChI is InChI=1S/C18H20N2O5/c1-13(25-17(23)15(20-19)16(21)22)18(9-5-6-10-18)12-24-11-14-7-3-2-4-8-14/h2-5,7-9,13H,6,10-12H2,1H3,(H,21,22)/p-1. The number of carbonyl (C=O) groups excluding carboxylic acids is 2. The van der Waals surface area contributed by atoms with Crippen molar-refractivity contribution in [2.75, 3.05) is 6.61 Å². The summed E-state index contributed by atoms with van der Waals surface area (Å²) in [5, 5.41) is 10.7. The smallest absolute Gasteiger partial charge is 0.423 e. The molecule has 7 heteroatoms. The van der Waals surface area contributed by atoms with Crippen molar-refractivity contribution in [2.45, 2.75) is 32.5 Å². The van der Waals surface area contributed by atoms with Gasteiger partial charge >= 0.3 is 11.7 Å². The minimum atomic E-state index is -1.89. The zero-order valence-corrected chi connectivity index (χ0v) is 13.9. The summed E-state index contributed by atoms with van der Waals surface area (Å²) in [7, 11) is 0. The second-order valence-electron chi connectivity index (χ2n) is 5.94. The lowest BCUT2D eigenvalue weighted by molar-refractivity contribution is -0.297. The van der Waals surface area contributed by atoms with Gasteiger partial charge in [-0.2, -0.15) is 4.79 Å². The van der Waals surface area contributed by atoms with E-state index in [4.69, 9.17) is 15.0 Å². The molecule has 7 nitrogen and oxygen atoms in total. The first-order chi connectivity index (χ1) is 12.0. The third kappa shape index (κ3) is 4.62. The number of carboxylic acid groups (broad SMARTS) is 1. The van der Waals surface area contributed by atoms with Gasteiger partial charge in [-0.1, -0.05) is 42.5 Å². The molecule has 25 heavy (non-hydrogen) atoms. The van der Waals surface area contributed by atoms with Crippen LogP contribution in [0.2, 0.25) is 0 Å². The fourth-order valence-electron chi connectivity index (χ4n) is 2.76. The number of nitrogens with zero attached hydrogens (tertiary/aromatic N) is 2. The Labute approximate surface area is 145 Å². The van der Waals surface area contributed by atoms with Gasteiger partial charge in [-0.15, -0.1) is 0 Å². The van der Waals surface area contributed by atoms with Crippen molar-refractivity contribution in [3.8, 4) is 0 Å². The molecule has 2 unspecified atom stereocenters. The first-order valence-corrected chi connectivity index (χ1v) is 7.92. The molecule has 0 amide bonds. The van der Waals surface area contributed by atoms with Gasteiger partial charge in [0.25, 0.3) is 0 Å². The predicted octanol–water partition coefficient (Wildman–Crippen LogP) is 0.892. The predicted molar refractivity (Wildman–Crippen MR) is 86.1 cm³/mol. The van der Waals surface area contributed by atoms with E-state index in [2.05, 4.69) is 4.79 Å². The molecule has 1 aromatic carbocycles. The van der Waals surface area contributed by atoms with Gasteiger partial charge in [0.2, 0.25) is 0 Å². The van der Waals surface area contributed by atoms with Crippen LogP contribution in [0.25, 0.3) is 5.53 Å². The van der Waals surface area contributed by atoms with E-state index >= 15 is 0 Å². The number of rotatable bonds is 8. The highest BCUT2D eigenvalue weighted by molar-refractivity contribution is 6.59. The van der Waals surface area contributed by atoms with Crippen LogP contribution in [-0.2, 0) is 25.7 Å². The molecule has 0 heterocycles. The number of carbonyl (C=O) groups is 2. The maximum atomic E-state index is 11.8. The molecule has 1 aromatic rings. The van der Waals surface area contributed by atoms with Gasteiger partial charge in [0.05, 0.1) is 13.2 Å². The average molecular weight is 343 g/mol. The Kier molecular flexibility index (Phi) is 6.22. The quantitative estimate of drug-likeness (QED) is 0.174. The molecule has 0 fully saturated rings. The summed E-state index contributed by atoms with van der Waals surface area (Å²) in [6.07, 6.45) is 4.73. The largest absolute Gasteiger partial charge is 0.538 e. The number of allylic oxidation sites excluding steroid dienone is 1. The van der Waals surface area contributed by atoms with E-state index in [1.165, 1.54) is 0 Å². The summed E-state index contributed by atoms with van der Waals surface area (Å²) in [5.41, 5.74) is 7.91. The van der Waals surface area contributed by atoms with Gasteiger partial charge in [0.1, 0.15) is 6.10 Å². The van der Waals surface area contributed by atoms with Crippen LogP contribution in [0, 0.1) is 5.41 Å². The molecule has 0 N–H and O–H groups in total. The van der Waals surface area contributed by atoms with Gasteiger partial charge in [-0.05, 0) is 25.3 Å². The van der Waals surface area contributed by atoms with E-state index < -0.39 is 29.2 Å². The van der Waals surface area contributed by atoms with Crippen LogP contribution < -0.4 is 5.11 Å². The van der Waals surface area contributed by atoms with Gasteiger partial charge in [0.15, 0.2) is 5.97 Å². The number of hydrogen-bond acceptors (Lipinski definition) is 5. The summed E-state index contributed by atoms with van der Waals surface area (Å²) < 4.78 is 11.0. The van der Waals surface area contributed by atoms with Crippen molar-refractivity contribution in [1.82, 2.24) is 0 Å². The van der Waals surface area contributed by atoms with Crippen LogP contribution in [0.5, 0.6) is 0 Å². The number of hydrogen-bond donors (Lipinski definition) is 0. The van der Waals surface area contributed by atoms with Crippen LogP contribution >= 0.6 is 0 Å². The topological polar surface area (TPSA) is 112 Å². The first kappa shape index (κ1) is 18.6. The lowest BCUT2D eigenvalue weighted by atomic mass is 9.83. The van der Waals surface area contributed by atoms with E-state index in [-0.39, 0.29) is 0 Å². The van der Waals surface area contributed by atoms with Crippen molar-refractivity contribution >= 4 is 17.7 Å². The monoisotopic (exact) mass is 343 g/mol. The number of benzene rings is 1. The Balaban J connectivity index is 2.01. The fourth-order valence-corrected chi connectivity index (χ4v) is 2.76. The van der Waals surface area contributed by atoms with E-state index in [1.54, 1.807) is 6.92 Å². The van der Waals surface area contributed by atoms with Crippen molar-refractivity contribution in [2.24, 2.45) is 5.41 Å². The van der Waals surface area contributed by atoms with Crippen LogP contribution in [-0.4, -0.2) is 35.2 Å². The normalized spacial score (nSPS) is 19.9. The van der Waals surface area contributed by atoms with Crippen molar-refractivity contribution in [3.63, 3.8) is 0 Å². The zero-order chi connectivity index (χ0) is 18.3. The number of carboxylic acids is 1. The summed E-state index contributed by atoms with van der Waals surface area (Å²) in [4.78, 5) is 25.0. The highest BCUT2D eigenvalue weighted by atomic mass is 16.5.